The molecule has 0 amide bonds. The molecule has 1 aliphatic rings. The summed E-state index contributed by atoms with van der Waals surface area (Å²) in [7, 11) is 0. The van der Waals surface area contributed by atoms with Crippen molar-refractivity contribution in [1.82, 2.24) is 5.32 Å². The number of phenolic OH excluding ortho intramolecular Hbond substituents is 1. The molecule has 0 fully saturated rings. The first-order valence-corrected chi connectivity index (χ1v) is 5.39. The molecule has 3 rings (SSSR count). The Bertz CT molecular complexity index is 547. The Kier molecular flexibility index (Phi) is 2.11. The van der Waals surface area contributed by atoms with Gasteiger partial charge in [0.25, 0.3) is 0 Å². The molecule has 0 radical (unpaired) electrons. The van der Waals surface area contributed by atoms with E-state index in [1.54, 1.807) is 0 Å². The normalized spacial score (nSPS) is 16.1. The molecule has 0 atom stereocenters. The Labute approximate surface area is 91.9 Å². The SMILES string of the molecule is Oc1cc(F)c2c3c(oc2c1)CCNCC3. The molecule has 0 spiro atoms. The van der Waals surface area contributed by atoms with Crippen LogP contribution in [0.5, 0.6) is 5.75 Å². The van der Waals surface area contributed by atoms with E-state index in [2.05, 4.69) is 5.32 Å². The molecule has 1 aliphatic heterocycles. The Balaban J connectivity index is 2.29. The van der Waals surface area contributed by atoms with Gasteiger partial charge in [0.05, 0.1) is 5.39 Å². The van der Waals surface area contributed by atoms with Gasteiger partial charge in [-0.3, -0.25) is 0 Å². The van der Waals surface area contributed by atoms with Crippen LogP contribution in [0.1, 0.15) is 11.3 Å². The summed E-state index contributed by atoms with van der Waals surface area (Å²) in [5, 5.41) is 13.1. The first kappa shape index (κ1) is 9.66. The van der Waals surface area contributed by atoms with E-state index in [-0.39, 0.29) is 5.75 Å². The number of fused-ring (bicyclic) bond motifs is 3. The molecule has 2 N–H and O–H groups in total. The molecule has 2 aromatic rings. The minimum atomic E-state index is -0.401. The standard InChI is InChI=1S/C12H12FNO2/c13-9-5-7(15)6-11-12(9)8-1-3-14-4-2-10(8)16-11/h5-6,14-15H,1-4H2. The molecule has 2 heterocycles. The smallest absolute Gasteiger partial charge is 0.141 e. The van der Waals surface area contributed by atoms with E-state index in [4.69, 9.17) is 4.42 Å². The molecular weight excluding hydrogens is 209 g/mol. The van der Waals surface area contributed by atoms with Crippen molar-refractivity contribution in [1.29, 1.82) is 0 Å². The highest BCUT2D eigenvalue weighted by atomic mass is 19.1. The van der Waals surface area contributed by atoms with Crippen molar-refractivity contribution in [2.75, 3.05) is 13.1 Å². The summed E-state index contributed by atoms with van der Waals surface area (Å²) in [6.45, 7) is 1.68. The van der Waals surface area contributed by atoms with Crippen molar-refractivity contribution in [3.63, 3.8) is 0 Å². The van der Waals surface area contributed by atoms with Gasteiger partial charge in [-0.15, -0.1) is 0 Å². The molecule has 84 valence electrons. The number of phenols is 1. The molecule has 0 aliphatic carbocycles. The van der Waals surface area contributed by atoms with Gasteiger partial charge in [-0.25, -0.2) is 4.39 Å². The van der Waals surface area contributed by atoms with Crippen LogP contribution < -0.4 is 5.32 Å². The van der Waals surface area contributed by atoms with Crippen LogP contribution in [0.3, 0.4) is 0 Å². The van der Waals surface area contributed by atoms with E-state index in [9.17, 15) is 9.50 Å². The number of benzene rings is 1. The van der Waals surface area contributed by atoms with Crippen LogP contribution in [0, 0.1) is 5.82 Å². The number of halogens is 1. The Morgan fingerprint density at radius 3 is 2.94 bits per heavy atom. The van der Waals surface area contributed by atoms with Crippen molar-refractivity contribution < 1.29 is 13.9 Å². The average Bonchev–Trinajstić information content (AvgIpc) is 2.42. The molecule has 16 heavy (non-hydrogen) atoms. The van der Waals surface area contributed by atoms with Gasteiger partial charge in [-0.2, -0.15) is 0 Å². The number of aromatic hydroxyl groups is 1. The summed E-state index contributed by atoms with van der Waals surface area (Å²) in [5.74, 6) is 0.346. The maximum Gasteiger partial charge on any atom is 0.141 e. The van der Waals surface area contributed by atoms with Crippen LogP contribution in [0.2, 0.25) is 0 Å². The summed E-state index contributed by atoms with van der Waals surface area (Å²) >= 11 is 0. The molecule has 3 nitrogen and oxygen atoms in total. The molecule has 1 aromatic carbocycles. The highest BCUT2D eigenvalue weighted by Gasteiger charge is 2.19. The topological polar surface area (TPSA) is 45.4 Å². The fourth-order valence-electron chi connectivity index (χ4n) is 2.28. The zero-order valence-corrected chi connectivity index (χ0v) is 8.72. The summed E-state index contributed by atoms with van der Waals surface area (Å²) < 4.78 is 19.4. The molecule has 0 bridgehead atoms. The fraction of sp³-hybridized carbons (Fsp3) is 0.333. The molecule has 1 aromatic heterocycles. The van der Waals surface area contributed by atoms with Crippen LogP contribution >= 0.6 is 0 Å². The number of hydrogen-bond donors (Lipinski definition) is 2. The summed E-state index contributed by atoms with van der Waals surface area (Å²) in [5.41, 5.74) is 1.39. The van der Waals surface area contributed by atoms with Gasteiger partial charge in [0, 0.05) is 30.7 Å². The molecule has 4 heteroatoms. The highest BCUT2D eigenvalue weighted by Crippen LogP contribution is 2.32. The van der Waals surface area contributed by atoms with Gasteiger partial charge in [-0.1, -0.05) is 0 Å². The molecule has 0 saturated heterocycles. The molecule has 0 saturated carbocycles. The number of furan rings is 1. The second-order valence-corrected chi connectivity index (χ2v) is 4.05. The van der Waals surface area contributed by atoms with Gasteiger partial charge in [0.2, 0.25) is 0 Å². The van der Waals surface area contributed by atoms with Gasteiger partial charge >= 0.3 is 0 Å². The maximum absolute atomic E-state index is 13.8. The lowest BCUT2D eigenvalue weighted by atomic mass is 10.1. The lowest BCUT2D eigenvalue weighted by Gasteiger charge is -1.98. The predicted octanol–water partition coefficient (Wildman–Crippen LogP) is 1.97. The van der Waals surface area contributed by atoms with Gasteiger partial charge < -0.3 is 14.8 Å². The minimum Gasteiger partial charge on any atom is -0.508 e. The Morgan fingerprint density at radius 2 is 2.06 bits per heavy atom. The predicted molar refractivity (Wildman–Crippen MR) is 58.1 cm³/mol. The van der Waals surface area contributed by atoms with Crippen LogP contribution in [-0.2, 0) is 12.8 Å². The lowest BCUT2D eigenvalue weighted by molar-refractivity contribution is 0.468. The Hall–Kier alpha value is -1.55. The van der Waals surface area contributed by atoms with E-state index in [0.717, 1.165) is 43.3 Å². The van der Waals surface area contributed by atoms with Crippen LogP contribution in [0.4, 0.5) is 4.39 Å². The van der Waals surface area contributed by atoms with E-state index in [1.807, 2.05) is 0 Å². The van der Waals surface area contributed by atoms with Gasteiger partial charge in [-0.05, 0) is 13.0 Å². The zero-order valence-electron chi connectivity index (χ0n) is 8.72. The largest absolute Gasteiger partial charge is 0.508 e. The van der Waals surface area contributed by atoms with Crippen molar-refractivity contribution in [3.8, 4) is 5.75 Å². The number of rotatable bonds is 0. The first-order chi connectivity index (χ1) is 7.75. The van der Waals surface area contributed by atoms with Gasteiger partial charge in [0.1, 0.15) is 22.9 Å². The van der Waals surface area contributed by atoms with Gasteiger partial charge in [0.15, 0.2) is 0 Å². The monoisotopic (exact) mass is 221 g/mol. The van der Waals surface area contributed by atoms with E-state index in [1.165, 1.54) is 6.07 Å². The minimum absolute atomic E-state index is 0.0907. The zero-order chi connectivity index (χ0) is 11.1. The van der Waals surface area contributed by atoms with Crippen molar-refractivity contribution >= 4 is 11.0 Å². The van der Waals surface area contributed by atoms with Crippen molar-refractivity contribution in [2.24, 2.45) is 0 Å². The summed E-state index contributed by atoms with van der Waals surface area (Å²) in [4.78, 5) is 0. The quantitative estimate of drug-likeness (QED) is 0.714. The summed E-state index contributed by atoms with van der Waals surface area (Å²) in [6, 6.07) is 2.61. The highest BCUT2D eigenvalue weighted by molar-refractivity contribution is 5.84. The van der Waals surface area contributed by atoms with Crippen LogP contribution in [0.15, 0.2) is 16.5 Å². The van der Waals surface area contributed by atoms with E-state index >= 15 is 0 Å². The summed E-state index contributed by atoms with van der Waals surface area (Å²) in [6.07, 6.45) is 1.54. The third kappa shape index (κ3) is 1.38. The fourth-order valence-corrected chi connectivity index (χ4v) is 2.28. The Morgan fingerprint density at radius 1 is 1.25 bits per heavy atom. The van der Waals surface area contributed by atoms with Crippen molar-refractivity contribution in [2.45, 2.75) is 12.8 Å². The first-order valence-electron chi connectivity index (χ1n) is 5.39. The van der Waals surface area contributed by atoms with Crippen LogP contribution in [-0.4, -0.2) is 18.2 Å². The third-order valence-electron chi connectivity index (χ3n) is 2.99. The van der Waals surface area contributed by atoms with E-state index < -0.39 is 5.82 Å². The second kappa shape index (κ2) is 3.49. The van der Waals surface area contributed by atoms with Crippen molar-refractivity contribution in [3.05, 3.63) is 29.3 Å². The maximum atomic E-state index is 13.8. The number of hydrogen-bond acceptors (Lipinski definition) is 3. The molecule has 0 unspecified atom stereocenters. The lowest BCUT2D eigenvalue weighted by Crippen LogP contribution is -2.16. The molecular formula is C12H12FNO2. The second-order valence-electron chi connectivity index (χ2n) is 4.05. The van der Waals surface area contributed by atoms with Crippen LogP contribution in [0.25, 0.3) is 11.0 Å². The number of nitrogens with one attached hydrogen (secondary N) is 1. The third-order valence-corrected chi connectivity index (χ3v) is 2.99. The average molecular weight is 221 g/mol. The van der Waals surface area contributed by atoms with E-state index in [0.29, 0.717) is 11.0 Å².